The zero-order valence-corrected chi connectivity index (χ0v) is 18.7. The molecule has 0 heterocycles. The molecule has 0 fully saturated rings. The van der Waals surface area contributed by atoms with Gasteiger partial charge in [-0.05, 0) is 53.4 Å². The molecule has 3 N–H and O–H groups in total. The summed E-state index contributed by atoms with van der Waals surface area (Å²) < 4.78 is 0. The van der Waals surface area contributed by atoms with Gasteiger partial charge in [0.2, 0.25) is 0 Å². The molecule has 3 rings (SSSR count). The highest BCUT2D eigenvalue weighted by atomic mass is 35.5. The predicted molar refractivity (Wildman–Crippen MR) is 126 cm³/mol. The number of amides is 2. The molecular formula is C25H23ClN2O4. The smallest absolute Gasteiger partial charge is 0.337 e. The molecule has 0 radical (unpaired) electrons. The summed E-state index contributed by atoms with van der Waals surface area (Å²) in [5.41, 5.74) is 2.28. The maximum atomic E-state index is 12.8. The number of hydrogen-bond donors (Lipinski definition) is 3. The van der Waals surface area contributed by atoms with Crippen molar-refractivity contribution in [3.05, 3.63) is 94.0 Å². The topological polar surface area (TPSA) is 95.5 Å². The SMILES string of the molecule is CC(C)(C)c1ccc(C(=O)Nc2ccccc2C(=O)Nc2ccc(Cl)c(C(=O)O)c2)cc1. The number of hydrogen-bond acceptors (Lipinski definition) is 3. The van der Waals surface area contributed by atoms with E-state index in [0.717, 1.165) is 5.56 Å². The summed E-state index contributed by atoms with van der Waals surface area (Å²) in [5, 5.41) is 14.7. The van der Waals surface area contributed by atoms with E-state index in [1.807, 2.05) is 12.1 Å². The van der Waals surface area contributed by atoms with Crippen LogP contribution in [0.1, 0.15) is 57.4 Å². The van der Waals surface area contributed by atoms with Gasteiger partial charge in [-0.2, -0.15) is 0 Å². The Morgan fingerprint density at radius 2 is 1.47 bits per heavy atom. The van der Waals surface area contributed by atoms with Gasteiger partial charge in [0.05, 0.1) is 21.8 Å². The molecule has 0 unspecified atom stereocenters. The number of carboxylic acid groups (broad SMARTS) is 1. The van der Waals surface area contributed by atoms with Crippen LogP contribution in [0.2, 0.25) is 5.02 Å². The zero-order valence-electron chi connectivity index (χ0n) is 17.9. The third kappa shape index (κ3) is 5.34. The first-order valence-corrected chi connectivity index (χ1v) is 10.3. The Morgan fingerprint density at radius 1 is 0.812 bits per heavy atom. The van der Waals surface area contributed by atoms with Gasteiger partial charge in [-0.3, -0.25) is 9.59 Å². The normalized spacial score (nSPS) is 11.0. The summed E-state index contributed by atoms with van der Waals surface area (Å²) in [7, 11) is 0. The van der Waals surface area contributed by atoms with Crippen LogP contribution >= 0.6 is 11.6 Å². The number of rotatable bonds is 5. The molecule has 0 aliphatic heterocycles. The number of carboxylic acids is 1. The summed E-state index contributed by atoms with van der Waals surface area (Å²) in [5.74, 6) is -2.04. The third-order valence-electron chi connectivity index (χ3n) is 4.89. The van der Waals surface area contributed by atoms with Crippen molar-refractivity contribution < 1.29 is 19.5 Å². The summed E-state index contributed by atoms with van der Waals surface area (Å²) in [4.78, 5) is 36.8. The number of anilines is 2. The number of nitrogens with one attached hydrogen (secondary N) is 2. The first kappa shape index (κ1) is 23.0. The molecule has 0 aliphatic carbocycles. The number of halogens is 1. The minimum Gasteiger partial charge on any atom is -0.478 e. The fraction of sp³-hybridized carbons (Fsp3) is 0.160. The highest BCUT2D eigenvalue weighted by molar-refractivity contribution is 6.33. The Bertz CT molecular complexity index is 1180. The average Bonchev–Trinajstić information content (AvgIpc) is 2.74. The Kier molecular flexibility index (Phi) is 6.65. The quantitative estimate of drug-likeness (QED) is 0.455. The molecule has 0 atom stereocenters. The molecule has 0 saturated carbocycles. The van der Waals surface area contributed by atoms with Crippen molar-refractivity contribution in [2.45, 2.75) is 26.2 Å². The lowest BCUT2D eigenvalue weighted by molar-refractivity contribution is 0.0696. The van der Waals surface area contributed by atoms with Gasteiger partial charge in [-0.15, -0.1) is 0 Å². The minimum atomic E-state index is -1.20. The van der Waals surface area contributed by atoms with E-state index in [9.17, 15) is 19.5 Å². The molecule has 7 heteroatoms. The van der Waals surface area contributed by atoms with Gasteiger partial charge < -0.3 is 15.7 Å². The van der Waals surface area contributed by atoms with Crippen molar-refractivity contribution in [2.24, 2.45) is 0 Å². The van der Waals surface area contributed by atoms with Crippen molar-refractivity contribution in [1.29, 1.82) is 0 Å². The van der Waals surface area contributed by atoms with Crippen LogP contribution in [0.5, 0.6) is 0 Å². The Morgan fingerprint density at radius 3 is 2.09 bits per heavy atom. The van der Waals surface area contributed by atoms with Crippen molar-refractivity contribution in [2.75, 3.05) is 10.6 Å². The molecule has 6 nitrogen and oxygen atoms in total. The molecular weight excluding hydrogens is 428 g/mol. The van der Waals surface area contributed by atoms with Crippen LogP contribution in [0, 0.1) is 0 Å². The van der Waals surface area contributed by atoms with E-state index < -0.39 is 11.9 Å². The molecule has 3 aromatic carbocycles. The van der Waals surface area contributed by atoms with E-state index in [1.54, 1.807) is 36.4 Å². The van der Waals surface area contributed by atoms with Crippen LogP contribution < -0.4 is 10.6 Å². The van der Waals surface area contributed by atoms with Gasteiger partial charge in [-0.25, -0.2) is 4.79 Å². The first-order valence-electron chi connectivity index (χ1n) is 9.91. The van der Waals surface area contributed by atoms with Crippen molar-refractivity contribution in [3.63, 3.8) is 0 Å². The molecule has 0 aliphatic rings. The van der Waals surface area contributed by atoms with Crippen LogP contribution in [-0.4, -0.2) is 22.9 Å². The molecule has 0 saturated heterocycles. The maximum Gasteiger partial charge on any atom is 0.337 e. The van der Waals surface area contributed by atoms with Crippen molar-refractivity contribution in [3.8, 4) is 0 Å². The fourth-order valence-electron chi connectivity index (χ4n) is 3.07. The lowest BCUT2D eigenvalue weighted by Crippen LogP contribution is -2.19. The van der Waals surface area contributed by atoms with Crippen molar-refractivity contribution in [1.82, 2.24) is 0 Å². The van der Waals surface area contributed by atoms with E-state index in [0.29, 0.717) is 11.3 Å². The lowest BCUT2D eigenvalue weighted by Gasteiger charge is -2.19. The Balaban J connectivity index is 1.80. The van der Waals surface area contributed by atoms with Crippen LogP contribution in [0.4, 0.5) is 11.4 Å². The van der Waals surface area contributed by atoms with Crippen molar-refractivity contribution >= 4 is 40.8 Å². The number of para-hydroxylation sites is 1. The van der Waals surface area contributed by atoms with E-state index in [4.69, 9.17) is 11.6 Å². The average molecular weight is 451 g/mol. The fourth-order valence-corrected chi connectivity index (χ4v) is 3.27. The zero-order chi connectivity index (χ0) is 23.5. The third-order valence-corrected chi connectivity index (χ3v) is 5.22. The Labute approximate surface area is 191 Å². The van der Waals surface area contributed by atoms with E-state index >= 15 is 0 Å². The second kappa shape index (κ2) is 9.24. The van der Waals surface area contributed by atoms with E-state index in [2.05, 4.69) is 31.4 Å². The summed E-state index contributed by atoms with van der Waals surface area (Å²) in [6.45, 7) is 6.28. The van der Waals surface area contributed by atoms with Gasteiger partial charge in [0.25, 0.3) is 11.8 Å². The minimum absolute atomic E-state index is 0.0259. The number of carbonyl (C=O) groups excluding carboxylic acids is 2. The van der Waals surface area contributed by atoms with Gasteiger partial charge in [-0.1, -0.05) is 56.6 Å². The highest BCUT2D eigenvalue weighted by Crippen LogP contribution is 2.24. The molecule has 0 spiro atoms. The monoisotopic (exact) mass is 450 g/mol. The molecule has 32 heavy (non-hydrogen) atoms. The predicted octanol–water partition coefficient (Wildman–Crippen LogP) is 5.84. The number of benzene rings is 3. The highest BCUT2D eigenvalue weighted by Gasteiger charge is 2.17. The second-order valence-electron chi connectivity index (χ2n) is 8.28. The summed E-state index contributed by atoms with van der Waals surface area (Å²) in [6.07, 6.45) is 0. The molecule has 3 aromatic rings. The summed E-state index contributed by atoms with van der Waals surface area (Å²) >= 11 is 5.88. The summed E-state index contributed by atoms with van der Waals surface area (Å²) in [6, 6.07) is 18.1. The maximum absolute atomic E-state index is 12.8. The number of carbonyl (C=O) groups is 3. The largest absolute Gasteiger partial charge is 0.478 e. The van der Waals surface area contributed by atoms with Gasteiger partial charge in [0.15, 0.2) is 0 Å². The lowest BCUT2D eigenvalue weighted by atomic mass is 9.86. The molecule has 2 amide bonds. The van der Waals surface area contributed by atoms with Gasteiger partial charge in [0.1, 0.15) is 0 Å². The van der Waals surface area contributed by atoms with Gasteiger partial charge in [0, 0.05) is 11.3 Å². The van der Waals surface area contributed by atoms with Crippen LogP contribution in [-0.2, 0) is 5.41 Å². The second-order valence-corrected chi connectivity index (χ2v) is 8.69. The molecule has 0 bridgehead atoms. The van der Waals surface area contributed by atoms with Crippen LogP contribution in [0.25, 0.3) is 0 Å². The van der Waals surface area contributed by atoms with E-state index in [1.165, 1.54) is 18.2 Å². The number of aromatic carboxylic acids is 1. The molecule has 164 valence electrons. The van der Waals surface area contributed by atoms with E-state index in [-0.39, 0.29) is 33.2 Å². The van der Waals surface area contributed by atoms with Crippen LogP contribution in [0.15, 0.2) is 66.7 Å². The molecule has 0 aromatic heterocycles. The van der Waals surface area contributed by atoms with Crippen LogP contribution in [0.3, 0.4) is 0 Å². The Hall–Kier alpha value is -3.64. The first-order chi connectivity index (χ1) is 15.1. The van der Waals surface area contributed by atoms with Gasteiger partial charge >= 0.3 is 5.97 Å². The standard InChI is InChI=1S/C25H23ClN2O4/c1-25(2,3)16-10-8-15(9-11-16)22(29)28-21-7-5-4-6-18(21)23(30)27-17-12-13-20(26)19(14-17)24(31)32/h4-14H,1-3H3,(H,27,30)(H,28,29)(H,31,32).